The van der Waals surface area contributed by atoms with Crippen LogP contribution in [0, 0.1) is 29.6 Å². The van der Waals surface area contributed by atoms with Gasteiger partial charge in [-0.05, 0) is 55.6 Å². The van der Waals surface area contributed by atoms with Gasteiger partial charge in [0.1, 0.15) is 35.2 Å². The van der Waals surface area contributed by atoms with E-state index < -0.39 is 62.0 Å². The standard InChI is InChI=1S/C38H42Cl2O10Si/c1-7-51(8-2,9-3)46-20-27-24-10-11-28(41)34(26(24)18-30(44-6)35(27)40)36(43)47-23-16-22-14-15-38(32-21-45-37(4,5)49-32)31(50-38)13-12-29(25(22)17-23)48-33(42)19-39/h10-11,16,18,23,25,29,31-32,41H,7-9,17,19-21H2,1-6H3/t23-,25+,29-,31-,32-,38+/m1/s1. The molecule has 6 rings (SSSR count). The van der Waals surface area contributed by atoms with Crippen molar-refractivity contribution in [3.8, 4) is 35.2 Å². The fourth-order valence-electron chi connectivity index (χ4n) is 7.07. The molecule has 0 saturated carbocycles. The maximum atomic E-state index is 14.0. The first-order valence-electron chi connectivity index (χ1n) is 17.2. The number of carbonyl (C=O) groups is 2. The van der Waals surface area contributed by atoms with Crippen LogP contribution in [0.15, 0.2) is 29.8 Å². The maximum absolute atomic E-state index is 14.0. The minimum atomic E-state index is -2.00. The number of hydrogen-bond donors (Lipinski definition) is 1. The molecular formula is C38H42Cl2O10Si. The van der Waals surface area contributed by atoms with Crippen LogP contribution in [0.3, 0.4) is 0 Å². The Hall–Kier alpha value is -3.26. The van der Waals surface area contributed by atoms with Gasteiger partial charge in [0, 0.05) is 28.9 Å². The van der Waals surface area contributed by atoms with Crippen LogP contribution in [0.1, 0.15) is 57.0 Å². The number of alkyl halides is 1. The Morgan fingerprint density at radius 1 is 1.08 bits per heavy atom. The molecule has 51 heavy (non-hydrogen) atoms. The number of ether oxygens (including phenoxy) is 6. The van der Waals surface area contributed by atoms with Crippen LogP contribution < -0.4 is 4.74 Å². The van der Waals surface area contributed by atoms with Crippen molar-refractivity contribution in [2.75, 3.05) is 19.6 Å². The van der Waals surface area contributed by atoms with Gasteiger partial charge in [0.2, 0.25) is 0 Å². The zero-order valence-electron chi connectivity index (χ0n) is 29.5. The van der Waals surface area contributed by atoms with Crippen molar-refractivity contribution in [3.63, 3.8) is 0 Å². The van der Waals surface area contributed by atoms with Crippen molar-refractivity contribution in [2.45, 2.75) is 102 Å². The number of epoxide rings is 1. The molecule has 272 valence electrons. The Balaban J connectivity index is 1.33. The summed E-state index contributed by atoms with van der Waals surface area (Å²) < 4.78 is 41.8. The number of phenolic OH excluding ortho intramolecular Hbond substituents is 1. The van der Waals surface area contributed by atoms with E-state index in [9.17, 15) is 14.7 Å². The highest BCUT2D eigenvalue weighted by molar-refractivity contribution is 6.73. The molecule has 2 fully saturated rings. The number of benzene rings is 2. The van der Waals surface area contributed by atoms with Crippen molar-refractivity contribution in [2.24, 2.45) is 5.92 Å². The summed E-state index contributed by atoms with van der Waals surface area (Å²) >= 11 is 12.6. The maximum Gasteiger partial charge on any atom is 0.343 e. The van der Waals surface area contributed by atoms with Gasteiger partial charge < -0.3 is 38.0 Å². The summed E-state index contributed by atoms with van der Waals surface area (Å²) in [6, 6.07) is 7.64. The lowest BCUT2D eigenvalue weighted by atomic mass is 9.94. The smallest absolute Gasteiger partial charge is 0.343 e. The molecule has 0 unspecified atom stereocenters. The van der Waals surface area contributed by atoms with Gasteiger partial charge in [-0.2, -0.15) is 0 Å². The van der Waals surface area contributed by atoms with Crippen LogP contribution in [-0.4, -0.2) is 80.8 Å². The van der Waals surface area contributed by atoms with Crippen molar-refractivity contribution >= 4 is 54.2 Å². The Labute approximate surface area is 309 Å². The summed E-state index contributed by atoms with van der Waals surface area (Å²) in [5, 5.41) is 12.5. The van der Waals surface area contributed by atoms with Crippen molar-refractivity contribution in [1.29, 1.82) is 0 Å². The van der Waals surface area contributed by atoms with Gasteiger partial charge in [-0.1, -0.05) is 62.1 Å². The monoisotopic (exact) mass is 756 g/mol. The average Bonchev–Trinajstić information content (AvgIpc) is 3.45. The second-order valence-electron chi connectivity index (χ2n) is 13.6. The van der Waals surface area contributed by atoms with Gasteiger partial charge in [0.25, 0.3) is 0 Å². The highest BCUT2D eigenvalue weighted by Gasteiger charge is 2.64. The molecule has 2 saturated heterocycles. The third-order valence-electron chi connectivity index (χ3n) is 10.3. The lowest BCUT2D eigenvalue weighted by molar-refractivity contribution is -0.145. The minimum absolute atomic E-state index is 0.0432. The topological polar surface area (TPSA) is 122 Å². The second-order valence-corrected chi connectivity index (χ2v) is 19.0. The van der Waals surface area contributed by atoms with E-state index in [2.05, 4.69) is 44.5 Å². The molecule has 2 aliphatic heterocycles. The lowest BCUT2D eigenvalue weighted by Gasteiger charge is -2.28. The van der Waals surface area contributed by atoms with Crippen LogP contribution in [-0.2, 0) is 39.5 Å². The zero-order chi connectivity index (χ0) is 36.7. The lowest BCUT2D eigenvalue weighted by Crippen LogP contribution is -2.35. The van der Waals surface area contributed by atoms with Crippen LogP contribution in [0.4, 0.5) is 0 Å². The van der Waals surface area contributed by atoms with Crippen LogP contribution >= 0.6 is 23.2 Å². The van der Waals surface area contributed by atoms with Gasteiger partial charge in [-0.25, -0.2) is 4.79 Å². The number of rotatable bonds is 12. The molecule has 13 heteroatoms. The molecule has 2 aliphatic carbocycles. The molecule has 6 atom stereocenters. The van der Waals surface area contributed by atoms with E-state index in [1.165, 1.54) is 13.2 Å². The molecule has 0 spiro atoms. The highest BCUT2D eigenvalue weighted by Crippen LogP contribution is 2.46. The van der Waals surface area contributed by atoms with Crippen LogP contribution in [0.5, 0.6) is 11.5 Å². The number of carbonyl (C=O) groups excluding carboxylic acids is 2. The van der Waals surface area contributed by atoms with E-state index in [-0.39, 0.29) is 36.8 Å². The van der Waals surface area contributed by atoms with E-state index in [0.29, 0.717) is 32.7 Å². The fraction of sp³-hybridized carbons (Fsp3) is 0.526. The number of halogens is 2. The Morgan fingerprint density at radius 2 is 1.82 bits per heavy atom. The molecule has 4 aliphatic rings. The largest absolute Gasteiger partial charge is 0.507 e. The van der Waals surface area contributed by atoms with Gasteiger partial charge in [0.15, 0.2) is 31.9 Å². The summed E-state index contributed by atoms with van der Waals surface area (Å²) in [5.74, 6) is 9.50. The first-order valence-corrected chi connectivity index (χ1v) is 20.6. The van der Waals surface area contributed by atoms with Crippen molar-refractivity contribution in [1.82, 2.24) is 0 Å². The predicted octanol–water partition coefficient (Wildman–Crippen LogP) is 6.66. The summed E-state index contributed by atoms with van der Waals surface area (Å²) in [4.78, 5) is 26.4. The Bertz CT molecular complexity index is 1880. The molecule has 0 bridgehead atoms. The molecule has 0 amide bonds. The van der Waals surface area contributed by atoms with Crippen LogP contribution in [0.25, 0.3) is 10.8 Å². The first-order chi connectivity index (χ1) is 24.3. The molecule has 0 radical (unpaired) electrons. The van der Waals surface area contributed by atoms with E-state index in [1.54, 1.807) is 18.2 Å². The molecule has 10 nitrogen and oxygen atoms in total. The zero-order valence-corrected chi connectivity index (χ0v) is 32.0. The number of fused-ring (bicyclic) bond motifs is 3. The fourth-order valence-corrected chi connectivity index (χ4v) is 9.98. The van der Waals surface area contributed by atoms with Gasteiger partial charge in [0.05, 0.1) is 25.3 Å². The molecule has 1 N–H and O–H groups in total. The van der Waals surface area contributed by atoms with Crippen LogP contribution in [0.2, 0.25) is 23.2 Å². The van der Waals surface area contributed by atoms with Gasteiger partial charge in [-0.15, -0.1) is 11.6 Å². The van der Waals surface area contributed by atoms with Crippen molar-refractivity contribution < 1.29 is 47.5 Å². The predicted molar refractivity (Wildman–Crippen MR) is 193 cm³/mol. The summed E-state index contributed by atoms with van der Waals surface area (Å²) in [7, 11) is -0.511. The van der Waals surface area contributed by atoms with E-state index in [1.807, 2.05) is 13.8 Å². The summed E-state index contributed by atoms with van der Waals surface area (Å²) in [6.45, 7) is 10.6. The first kappa shape index (κ1) is 37.5. The molecular weight excluding hydrogens is 715 g/mol. The van der Waals surface area contributed by atoms with E-state index in [0.717, 1.165) is 18.1 Å². The quantitative estimate of drug-likeness (QED) is 0.0827. The van der Waals surface area contributed by atoms with Gasteiger partial charge >= 0.3 is 11.9 Å². The molecule has 2 aromatic carbocycles. The molecule has 2 heterocycles. The average molecular weight is 758 g/mol. The minimum Gasteiger partial charge on any atom is -0.507 e. The van der Waals surface area contributed by atoms with E-state index >= 15 is 0 Å². The second kappa shape index (κ2) is 14.6. The Kier molecular flexibility index (Phi) is 10.8. The summed E-state index contributed by atoms with van der Waals surface area (Å²) in [6.07, 6.45) is -0.847. The third kappa shape index (κ3) is 7.23. The highest BCUT2D eigenvalue weighted by atomic mass is 35.5. The third-order valence-corrected chi connectivity index (χ3v) is 15.6. The number of esters is 2. The number of aromatic hydroxyl groups is 1. The molecule has 2 aromatic rings. The normalized spacial score (nSPS) is 27.3. The van der Waals surface area contributed by atoms with Gasteiger partial charge in [-0.3, -0.25) is 4.79 Å². The number of hydrogen-bond acceptors (Lipinski definition) is 10. The van der Waals surface area contributed by atoms with Crippen molar-refractivity contribution in [3.05, 3.63) is 46.0 Å². The van der Waals surface area contributed by atoms with E-state index in [4.69, 9.17) is 56.0 Å². The Morgan fingerprint density at radius 3 is 2.47 bits per heavy atom. The number of phenols is 1. The summed E-state index contributed by atoms with van der Waals surface area (Å²) in [5.41, 5.74) is 0.153. The number of methoxy groups -OCH3 is 1. The molecule has 0 aromatic heterocycles. The SMILES string of the molecule is CC[Si](CC)(CC)OCc1c(Cl)c(OC)cc2c(C(=O)O[C@@H]3C=C4C#C[C@]5([C@H]6COC(C)(C)O6)O[C@@H]5C#C[C@@H](OC(=O)CCl)[C@H]4C3)c(O)ccc12.